The van der Waals surface area contributed by atoms with Gasteiger partial charge in [-0.15, -0.1) is 0 Å². The second-order valence-corrected chi connectivity index (χ2v) is 14.2. The first-order valence-corrected chi connectivity index (χ1v) is 19.7. The Labute approximate surface area is 273 Å². The highest BCUT2D eigenvalue weighted by Gasteiger charge is 2.27. The van der Waals surface area contributed by atoms with Crippen LogP contribution >= 0.6 is 0 Å². The van der Waals surface area contributed by atoms with E-state index in [0.29, 0.717) is 5.41 Å². The third-order valence-electron chi connectivity index (χ3n) is 9.51. The van der Waals surface area contributed by atoms with Crippen molar-refractivity contribution in [2.24, 2.45) is 11.3 Å². The minimum atomic E-state index is 0.517. The Morgan fingerprint density at radius 3 is 1.05 bits per heavy atom. The molecule has 0 amide bonds. The quantitative estimate of drug-likeness (QED) is 0.0522. The smallest absolute Gasteiger partial charge is 0.0169 e. The average Bonchev–Trinajstić information content (AvgIpc) is 2.99. The van der Waals surface area contributed by atoms with E-state index in [9.17, 15) is 0 Å². The lowest BCUT2D eigenvalue weighted by molar-refractivity contribution is 0.162. The van der Waals surface area contributed by atoms with Crippen LogP contribution in [0.4, 0.5) is 0 Å². The fourth-order valence-corrected chi connectivity index (χ4v) is 6.53. The molecule has 0 unspecified atom stereocenters. The predicted octanol–water partition coefficient (Wildman–Crippen LogP) is 15.8. The lowest BCUT2D eigenvalue weighted by Crippen LogP contribution is -2.24. The Kier molecular flexibility index (Phi) is 33.0. The van der Waals surface area contributed by atoms with Crippen LogP contribution in [0.2, 0.25) is 0 Å². The van der Waals surface area contributed by atoms with Crippen molar-refractivity contribution < 1.29 is 0 Å². The summed E-state index contributed by atoms with van der Waals surface area (Å²) in [6, 6.07) is 0. The fourth-order valence-electron chi connectivity index (χ4n) is 6.53. The Morgan fingerprint density at radius 1 is 0.372 bits per heavy atom. The van der Waals surface area contributed by atoms with Crippen molar-refractivity contribution in [2.45, 2.75) is 214 Å². The molecule has 0 aromatic carbocycles. The van der Waals surface area contributed by atoms with Crippen LogP contribution < -0.4 is 0 Å². The third kappa shape index (κ3) is 30.8. The van der Waals surface area contributed by atoms with E-state index in [-0.39, 0.29) is 0 Å². The van der Waals surface area contributed by atoms with Gasteiger partial charge in [0.2, 0.25) is 0 Å². The van der Waals surface area contributed by atoms with Crippen LogP contribution in [0.3, 0.4) is 0 Å². The summed E-state index contributed by atoms with van der Waals surface area (Å²) in [5.74, 6) is 0.920. The Bertz CT molecular complexity index is 597. The molecule has 0 aliphatic heterocycles. The molecule has 0 atom stereocenters. The highest BCUT2D eigenvalue weighted by Crippen LogP contribution is 2.39. The SMILES string of the molecule is CCCCCC=CCC=CCCCCCCCCC(CCCCCCCCC=CCC=CCCCCC)C(C)(C)CCC. The highest BCUT2D eigenvalue weighted by molar-refractivity contribution is 4.93. The minimum absolute atomic E-state index is 0.517. The van der Waals surface area contributed by atoms with Gasteiger partial charge in [-0.25, -0.2) is 0 Å². The summed E-state index contributed by atoms with van der Waals surface area (Å²) in [5.41, 5.74) is 0.517. The van der Waals surface area contributed by atoms with Crippen molar-refractivity contribution >= 4 is 0 Å². The normalized spacial score (nSPS) is 13.5. The van der Waals surface area contributed by atoms with Gasteiger partial charge in [-0.05, 0) is 94.8 Å². The van der Waals surface area contributed by atoms with Gasteiger partial charge in [0.15, 0.2) is 0 Å². The predicted molar refractivity (Wildman–Crippen MR) is 200 cm³/mol. The van der Waals surface area contributed by atoms with E-state index in [1.54, 1.807) is 0 Å². The Balaban J connectivity index is 3.86. The van der Waals surface area contributed by atoms with Crippen molar-refractivity contribution in [1.82, 2.24) is 0 Å². The number of rotatable bonds is 33. The summed E-state index contributed by atoms with van der Waals surface area (Å²) < 4.78 is 0. The van der Waals surface area contributed by atoms with E-state index in [0.717, 1.165) is 18.8 Å². The van der Waals surface area contributed by atoms with Gasteiger partial charge in [0, 0.05) is 0 Å². The third-order valence-corrected chi connectivity index (χ3v) is 9.51. The molecule has 0 saturated heterocycles. The summed E-state index contributed by atoms with van der Waals surface area (Å²) in [4.78, 5) is 0. The molecule has 0 aliphatic carbocycles. The van der Waals surface area contributed by atoms with E-state index >= 15 is 0 Å². The molecule has 0 fully saturated rings. The molecule has 0 aromatic rings. The molecule has 0 aliphatic rings. The summed E-state index contributed by atoms with van der Waals surface area (Å²) in [6.45, 7) is 12.1. The van der Waals surface area contributed by atoms with Gasteiger partial charge in [0.05, 0.1) is 0 Å². The lowest BCUT2D eigenvalue weighted by Gasteiger charge is -2.35. The maximum atomic E-state index is 2.56. The van der Waals surface area contributed by atoms with Crippen LogP contribution in [-0.2, 0) is 0 Å². The van der Waals surface area contributed by atoms with Gasteiger partial charge in [-0.1, -0.05) is 180 Å². The molecule has 0 saturated carbocycles. The van der Waals surface area contributed by atoms with E-state index in [1.165, 1.54) is 167 Å². The van der Waals surface area contributed by atoms with Crippen LogP contribution in [0.5, 0.6) is 0 Å². The zero-order valence-electron chi connectivity index (χ0n) is 30.5. The molecule has 0 nitrogen and oxygen atoms in total. The fraction of sp³-hybridized carbons (Fsp3) is 0.814. The van der Waals surface area contributed by atoms with Gasteiger partial charge in [0.25, 0.3) is 0 Å². The Hall–Kier alpha value is -1.04. The van der Waals surface area contributed by atoms with Crippen LogP contribution in [0.25, 0.3) is 0 Å². The first kappa shape index (κ1) is 42.0. The molecule has 0 radical (unpaired) electrons. The van der Waals surface area contributed by atoms with Crippen molar-refractivity contribution in [1.29, 1.82) is 0 Å². The topological polar surface area (TPSA) is 0 Å². The van der Waals surface area contributed by atoms with E-state index in [2.05, 4.69) is 83.2 Å². The first-order chi connectivity index (χ1) is 21.1. The average molecular weight is 597 g/mol. The molecule has 0 N–H and O–H groups in total. The lowest BCUT2D eigenvalue weighted by atomic mass is 9.71. The monoisotopic (exact) mass is 597 g/mol. The van der Waals surface area contributed by atoms with Gasteiger partial charge < -0.3 is 0 Å². The molecule has 0 aromatic heterocycles. The van der Waals surface area contributed by atoms with Gasteiger partial charge in [-0.2, -0.15) is 0 Å². The molecule has 252 valence electrons. The summed E-state index contributed by atoms with van der Waals surface area (Å²) in [7, 11) is 0. The molecular formula is C43H80. The van der Waals surface area contributed by atoms with Gasteiger partial charge in [-0.3, -0.25) is 0 Å². The van der Waals surface area contributed by atoms with Crippen molar-refractivity contribution in [3.05, 3.63) is 48.6 Å². The molecule has 43 heavy (non-hydrogen) atoms. The van der Waals surface area contributed by atoms with E-state index in [1.807, 2.05) is 0 Å². The number of hydrogen-bond donors (Lipinski definition) is 0. The largest absolute Gasteiger partial charge is 0.0882 e. The zero-order valence-corrected chi connectivity index (χ0v) is 30.5. The van der Waals surface area contributed by atoms with E-state index < -0.39 is 0 Å². The summed E-state index contributed by atoms with van der Waals surface area (Å²) >= 11 is 0. The van der Waals surface area contributed by atoms with Crippen LogP contribution in [0.1, 0.15) is 214 Å². The van der Waals surface area contributed by atoms with Crippen LogP contribution in [-0.4, -0.2) is 0 Å². The highest BCUT2D eigenvalue weighted by atomic mass is 14.3. The number of unbranched alkanes of at least 4 members (excludes halogenated alkanes) is 18. The standard InChI is InChI=1S/C43H80/c1-6-9-11-13-15-17-19-21-23-25-27-29-31-33-35-37-39-42(43(4,5)41-8-3)40-38-36-34-32-30-28-26-24-22-20-18-16-14-12-10-7-2/h15-18,21-24,42H,6-14,19-20,25-41H2,1-5H3. The van der Waals surface area contributed by atoms with Crippen LogP contribution in [0, 0.1) is 11.3 Å². The molecule has 0 heteroatoms. The first-order valence-electron chi connectivity index (χ1n) is 19.7. The second-order valence-electron chi connectivity index (χ2n) is 14.2. The van der Waals surface area contributed by atoms with Crippen molar-refractivity contribution in [3.8, 4) is 0 Å². The minimum Gasteiger partial charge on any atom is -0.0882 e. The number of allylic oxidation sites excluding steroid dienone is 8. The van der Waals surface area contributed by atoms with Crippen molar-refractivity contribution in [2.75, 3.05) is 0 Å². The number of hydrogen-bond acceptors (Lipinski definition) is 0. The second kappa shape index (κ2) is 33.8. The maximum absolute atomic E-state index is 2.56. The zero-order chi connectivity index (χ0) is 31.5. The van der Waals surface area contributed by atoms with E-state index in [4.69, 9.17) is 0 Å². The van der Waals surface area contributed by atoms with Crippen molar-refractivity contribution in [3.63, 3.8) is 0 Å². The van der Waals surface area contributed by atoms with Gasteiger partial charge >= 0.3 is 0 Å². The Morgan fingerprint density at radius 2 is 0.698 bits per heavy atom. The molecule has 0 bridgehead atoms. The molecular weight excluding hydrogens is 516 g/mol. The molecule has 0 spiro atoms. The summed E-state index contributed by atoms with van der Waals surface area (Å²) in [6.07, 6.45) is 57.1. The maximum Gasteiger partial charge on any atom is -0.0169 e. The summed E-state index contributed by atoms with van der Waals surface area (Å²) in [5, 5.41) is 0. The van der Waals surface area contributed by atoms with Gasteiger partial charge in [0.1, 0.15) is 0 Å². The van der Waals surface area contributed by atoms with Crippen LogP contribution in [0.15, 0.2) is 48.6 Å². The molecule has 0 heterocycles. The molecule has 0 rings (SSSR count).